The van der Waals surface area contributed by atoms with Crippen molar-refractivity contribution in [2.75, 3.05) is 10.6 Å². The van der Waals surface area contributed by atoms with Crippen LogP contribution >= 0.6 is 11.3 Å². The fraction of sp³-hybridized carbons (Fsp3) is 0.158. The summed E-state index contributed by atoms with van der Waals surface area (Å²) in [7, 11) is 0. The van der Waals surface area contributed by atoms with E-state index in [4.69, 9.17) is 0 Å². The lowest BCUT2D eigenvalue weighted by molar-refractivity contribution is -0.116. The lowest BCUT2D eigenvalue weighted by atomic mass is 10.2. The summed E-state index contributed by atoms with van der Waals surface area (Å²) in [6.45, 7) is 1.44. The Balaban J connectivity index is 1.55. The second-order valence-electron chi connectivity index (χ2n) is 5.70. The van der Waals surface area contributed by atoms with Crippen molar-refractivity contribution in [3.8, 4) is 10.6 Å². The molecule has 2 amide bonds. The van der Waals surface area contributed by atoms with Gasteiger partial charge in [-0.3, -0.25) is 14.6 Å². The average molecular weight is 366 g/mol. The van der Waals surface area contributed by atoms with Gasteiger partial charge in [0.05, 0.1) is 5.69 Å². The summed E-state index contributed by atoms with van der Waals surface area (Å²) in [5.41, 5.74) is 3.16. The fourth-order valence-electron chi connectivity index (χ4n) is 2.39. The number of amides is 2. The smallest absolute Gasteiger partial charge is 0.224 e. The molecule has 0 aliphatic heterocycles. The molecule has 0 saturated heterocycles. The van der Waals surface area contributed by atoms with E-state index < -0.39 is 0 Å². The highest BCUT2D eigenvalue weighted by Crippen LogP contribution is 2.23. The molecule has 3 rings (SSSR count). The lowest BCUT2D eigenvalue weighted by Gasteiger charge is -2.07. The molecule has 132 valence electrons. The van der Waals surface area contributed by atoms with E-state index in [-0.39, 0.29) is 11.8 Å². The molecule has 3 aromatic rings. The van der Waals surface area contributed by atoms with Crippen LogP contribution < -0.4 is 10.6 Å². The van der Waals surface area contributed by atoms with Gasteiger partial charge in [0.25, 0.3) is 0 Å². The number of hydrogen-bond donors (Lipinski definition) is 2. The number of thiazole rings is 1. The average Bonchev–Trinajstić information content (AvgIpc) is 3.09. The molecule has 0 atom stereocenters. The molecule has 26 heavy (non-hydrogen) atoms. The molecule has 0 unspecified atom stereocenters. The summed E-state index contributed by atoms with van der Waals surface area (Å²) in [6, 6.07) is 10.9. The van der Waals surface area contributed by atoms with Crippen LogP contribution in [0.3, 0.4) is 0 Å². The Kier molecular flexibility index (Phi) is 5.70. The first kappa shape index (κ1) is 17.8. The Labute approximate surface area is 155 Å². The van der Waals surface area contributed by atoms with Crippen LogP contribution in [0.25, 0.3) is 10.6 Å². The second kappa shape index (κ2) is 8.35. The van der Waals surface area contributed by atoms with Crippen molar-refractivity contribution in [1.82, 2.24) is 9.97 Å². The zero-order valence-corrected chi connectivity index (χ0v) is 15.0. The van der Waals surface area contributed by atoms with E-state index in [1.807, 2.05) is 17.5 Å². The molecule has 2 N–H and O–H groups in total. The molecule has 0 aliphatic rings. The van der Waals surface area contributed by atoms with Gasteiger partial charge in [0.2, 0.25) is 11.8 Å². The number of nitrogens with zero attached hydrogens (tertiary/aromatic N) is 2. The van der Waals surface area contributed by atoms with E-state index in [2.05, 4.69) is 20.6 Å². The number of benzene rings is 1. The first-order valence-corrected chi connectivity index (χ1v) is 9.00. The Bertz CT molecular complexity index is 909. The van der Waals surface area contributed by atoms with E-state index in [1.54, 1.807) is 48.0 Å². The van der Waals surface area contributed by atoms with Crippen molar-refractivity contribution >= 4 is 34.5 Å². The Morgan fingerprint density at radius 2 is 1.92 bits per heavy atom. The van der Waals surface area contributed by atoms with Gasteiger partial charge in [0, 0.05) is 48.1 Å². The van der Waals surface area contributed by atoms with E-state index in [0.717, 1.165) is 16.3 Å². The monoisotopic (exact) mass is 366 g/mol. The van der Waals surface area contributed by atoms with E-state index in [9.17, 15) is 9.59 Å². The van der Waals surface area contributed by atoms with Crippen molar-refractivity contribution in [2.45, 2.75) is 19.8 Å². The Morgan fingerprint density at radius 3 is 2.65 bits per heavy atom. The minimum Gasteiger partial charge on any atom is -0.326 e. The third kappa shape index (κ3) is 4.97. The number of hydrogen-bond acceptors (Lipinski definition) is 5. The van der Waals surface area contributed by atoms with Crippen LogP contribution in [0.15, 0.2) is 54.2 Å². The highest BCUT2D eigenvalue weighted by molar-refractivity contribution is 7.13. The molecule has 0 bridgehead atoms. The number of rotatable bonds is 6. The van der Waals surface area contributed by atoms with Gasteiger partial charge in [-0.25, -0.2) is 4.98 Å². The zero-order valence-electron chi connectivity index (χ0n) is 14.2. The molecule has 7 heteroatoms. The van der Waals surface area contributed by atoms with Crippen molar-refractivity contribution in [2.24, 2.45) is 0 Å². The van der Waals surface area contributed by atoms with Crippen LogP contribution in [0.2, 0.25) is 0 Å². The van der Waals surface area contributed by atoms with Gasteiger partial charge in [-0.05, 0) is 36.8 Å². The van der Waals surface area contributed by atoms with Crippen molar-refractivity contribution in [1.29, 1.82) is 0 Å². The number of aromatic nitrogens is 2. The van der Waals surface area contributed by atoms with Crippen LogP contribution in [0.1, 0.15) is 19.0 Å². The number of aryl methyl sites for hydroxylation is 1. The molecule has 0 spiro atoms. The quantitative estimate of drug-likeness (QED) is 0.696. The first-order valence-electron chi connectivity index (χ1n) is 8.12. The van der Waals surface area contributed by atoms with Crippen LogP contribution in [-0.2, 0) is 16.0 Å². The third-order valence-electron chi connectivity index (χ3n) is 3.54. The van der Waals surface area contributed by atoms with Gasteiger partial charge in [0.1, 0.15) is 5.01 Å². The number of nitrogens with one attached hydrogen (secondary N) is 2. The summed E-state index contributed by atoms with van der Waals surface area (Å²) in [5, 5.41) is 8.40. The highest BCUT2D eigenvalue weighted by atomic mass is 32.1. The standard InChI is InChI=1S/C19H18N4O2S/c1-13(24)21-15-5-2-6-16(10-15)22-18(25)8-7-17-12-26-19(23-17)14-4-3-9-20-11-14/h2-6,9-12H,7-8H2,1H3,(H,21,24)(H,22,25). The maximum Gasteiger partial charge on any atom is 0.224 e. The van der Waals surface area contributed by atoms with Gasteiger partial charge in [-0.2, -0.15) is 0 Å². The number of anilines is 2. The molecule has 0 fully saturated rings. The molecule has 0 aliphatic carbocycles. The number of carbonyl (C=O) groups excluding carboxylic acids is 2. The summed E-state index contributed by atoms with van der Waals surface area (Å²) >= 11 is 1.54. The minimum atomic E-state index is -0.151. The summed E-state index contributed by atoms with van der Waals surface area (Å²) in [4.78, 5) is 31.9. The molecule has 2 aromatic heterocycles. The van der Waals surface area contributed by atoms with Gasteiger partial charge in [0.15, 0.2) is 0 Å². The summed E-state index contributed by atoms with van der Waals surface area (Å²) < 4.78 is 0. The third-order valence-corrected chi connectivity index (χ3v) is 4.48. The number of carbonyl (C=O) groups is 2. The fourth-order valence-corrected chi connectivity index (χ4v) is 3.23. The molecule has 0 radical (unpaired) electrons. The van der Waals surface area contributed by atoms with Gasteiger partial charge in [-0.15, -0.1) is 11.3 Å². The van der Waals surface area contributed by atoms with Crippen LogP contribution in [0.5, 0.6) is 0 Å². The van der Waals surface area contributed by atoms with E-state index >= 15 is 0 Å². The normalized spacial score (nSPS) is 10.3. The van der Waals surface area contributed by atoms with Gasteiger partial charge >= 0.3 is 0 Å². The second-order valence-corrected chi connectivity index (χ2v) is 6.55. The van der Waals surface area contributed by atoms with Gasteiger partial charge < -0.3 is 10.6 Å². The minimum absolute atomic E-state index is 0.0964. The van der Waals surface area contributed by atoms with Crippen molar-refractivity contribution in [3.63, 3.8) is 0 Å². The lowest BCUT2D eigenvalue weighted by Crippen LogP contribution is -2.13. The van der Waals surface area contributed by atoms with Gasteiger partial charge in [-0.1, -0.05) is 6.07 Å². The molecule has 1 aromatic carbocycles. The molecule has 0 saturated carbocycles. The zero-order chi connectivity index (χ0) is 18.4. The molecular weight excluding hydrogens is 348 g/mol. The van der Waals surface area contributed by atoms with Crippen LogP contribution in [0.4, 0.5) is 11.4 Å². The van der Waals surface area contributed by atoms with Crippen LogP contribution in [0, 0.1) is 0 Å². The van der Waals surface area contributed by atoms with Crippen molar-refractivity contribution in [3.05, 3.63) is 59.9 Å². The van der Waals surface area contributed by atoms with Crippen LogP contribution in [-0.4, -0.2) is 21.8 Å². The van der Waals surface area contributed by atoms with E-state index in [1.165, 1.54) is 6.92 Å². The maximum absolute atomic E-state index is 12.2. The Morgan fingerprint density at radius 1 is 1.12 bits per heavy atom. The topological polar surface area (TPSA) is 84.0 Å². The Hall–Kier alpha value is -3.06. The largest absolute Gasteiger partial charge is 0.326 e. The predicted molar refractivity (Wildman–Crippen MR) is 103 cm³/mol. The molecule has 2 heterocycles. The summed E-state index contributed by atoms with van der Waals surface area (Å²) in [5.74, 6) is -0.248. The molecular formula is C19H18N4O2S. The first-order chi connectivity index (χ1) is 12.6. The van der Waals surface area contributed by atoms with Crippen molar-refractivity contribution < 1.29 is 9.59 Å². The SMILES string of the molecule is CC(=O)Nc1cccc(NC(=O)CCc2csc(-c3cccnc3)n2)c1. The van der Waals surface area contributed by atoms with E-state index in [0.29, 0.717) is 24.2 Å². The highest BCUT2D eigenvalue weighted by Gasteiger charge is 2.08. The summed E-state index contributed by atoms with van der Waals surface area (Å²) in [6.07, 6.45) is 4.40. The number of pyridine rings is 1. The predicted octanol–water partition coefficient (Wildman–Crippen LogP) is 3.73. The maximum atomic E-state index is 12.2. The molecule has 6 nitrogen and oxygen atoms in total.